The fraction of sp³-hybridized carbons (Fsp3) is 0.353. The molecule has 7 heteroatoms. The maximum absolute atomic E-state index is 12.1. The number of hydrogen-bond donors (Lipinski definition) is 1. The predicted molar refractivity (Wildman–Crippen MR) is 95.2 cm³/mol. The summed E-state index contributed by atoms with van der Waals surface area (Å²) in [6, 6.07) is 7.59. The fourth-order valence-electron chi connectivity index (χ4n) is 2.13. The highest BCUT2D eigenvalue weighted by Gasteiger charge is 2.10. The minimum Gasteiger partial charge on any atom is -0.383 e. The molecular formula is C17H22N4O2S. The Balaban J connectivity index is 1.99. The third-order valence-electron chi connectivity index (χ3n) is 3.36. The second-order valence-electron chi connectivity index (χ2n) is 5.17. The number of nitrogens with one attached hydrogen (secondary N) is 1. The van der Waals surface area contributed by atoms with Gasteiger partial charge in [0.1, 0.15) is 5.82 Å². The lowest BCUT2D eigenvalue weighted by Crippen LogP contribution is -2.26. The molecule has 2 aromatic rings. The molecule has 2 rings (SSSR count). The lowest BCUT2D eigenvalue weighted by molar-refractivity contribution is 0.0937. The molecule has 1 aromatic heterocycles. The molecule has 1 aromatic carbocycles. The molecule has 0 aliphatic heterocycles. The molecule has 1 N–H and O–H groups in total. The molecule has 0 spiro atoms. The van der Waals surface area contributed by atoms with Crippen molar-refractivity contribution < 1.29 is 9.53 Å². The number of rotatable bonds is 9. The van der Waals surface area contributed by atoms with Crippen LogP contribution in [0, 0.1) is 6.92 Å². The Morgan fingerprint density at radius 3 is 3.04 bits per heavy atom. The monoisotopic (exact) mass is 346 g/mol. The minimum absolute atomic E-state index is 0.0930. The van der Waals surface area contributed by atoms with Crippen molar-refractivity contribution in [3.8, 4) is 0 Å². The van der Waals surface area contributed by atoms with Crippen molar-refractivity contribution in [3.05, 3.63) is 53.9 Å². The summed E-state index contributed by atoms with van der Waals surface area (Å²) in [6.45, 7) is 7.36. The van der Waals surface area contributed by atoms with Gasteiger partial charge in [0.15, 0.2) is 5.16 Å². The topological polar surface area (TPSA) is 69.0 Å². The minimum atomic E-state index is -0.0930. The first kappa shape index (κ1) is 18.2. The van der Waals surface area contributed by atoms with Crippen LogP contribution >= 0.6 is 11.8 Å². The zero-order valence-electron chi connectivity index (χ0n) is 14.0. The number of amides is 1. The Kier molecular flexibility index (Phi) is 7.02. The van der Waals surface area contributed by atoms with Crippen molar-refractivity contribution in [2.75, 3.05) is 20.3 Å². The number of hydrogen-bond acceptors (Lipinski definition) is 5. The van der Waals surface area contributed by atoms with Gasteiger partial charge in [0.2, 0.25) is 0 Å². The maximum atomic E-state index is 12.1. The lowest BCUT2D eigenvalue weighted by Gasteiger charge is -2.07. The summed E-state index contributed by atoms with van der Waals surface area (Å²) in [6.07, 6.45) is 1.82. The van der Waals surface area contributed by atoms with E-state index >= 15 is 0 Å². The summed E-state index contributed by atoms with van der Waals surface area (Å²) in [5, 5.41) is 12.0. The van der Waals surface area contributed by atoms with Gasteiger partial charge in [-0.3, -0.25) is 4.79 Å². The van der Waals surface area contributed by atoms with Crippen LogP contribution in [-0.4, -0.2) is 40.9 Å². The molecule has 0 saturated carbocycles. The summed E-state index contributed by atoms with van der Waals surface area (Å²) in [7, 11) is 1.61. The number of ether oxygens (including phenoxy) is 1. The Morgan fingerprint density at radius 1 is 1.46 bits per heavy atom. The number of allylic oxidation sites excluding steroid dienone is 1. The van der Waals surface area contributed by atoms with Gasteiger partial charge in [-0.15, -0.1) is 16.8 Å². The number of carbonyl (C=O) groups is 1. The molecular weight excluding hydrogens is 324 g/mol. The van der Waals surface area contributed by atoms with Crippen LogP contribution < -0.4 is 5.32 Å². The van der Waals surface area contributed by atoms with Gasteiger partial charge in [0, 0.05) is 31.5 Å². The molecule has 24 heavy (non-hydrogen) atoms. The molecule has 0 atom stereocenters. The SMILES string of the molecule is C=CCn1c(C)nnc1SCc1cccc(C(=O)NCCOC)c1. The average Bonchev–Trinajstić information content (AvgIpc) is 2.94. The van der Waals surface area contributed by atoms with Crippen LogP contribution in [0.15, 0.2) is 42.1 Å². The van der Waals surface area contributed by atoms with E-state index in [1.165, 1.54) is 0 Å². The lowest BCUT2D eigenvalue weighted by atomic mass is 10.1. The molecule has 0 radical (unpaired) electrons. The highest BCUT2D eigenvalue weighted by atomic mass is 32.2. The van der Waals surface area contributed by atoms with Crippen molar-refractivity contribution >= 4 is 17.7 Å². The third-order valence-corrected chi connectivity index (χ3v) is 4.40. The zero-order chi connectivity index (χ0) is 17.4. The van der Waals surface area contributed by atoms with Crippen LogP contribution in [0.1, 0.15) is 21.7 Å². The smallest absolute Gasteiger partial charge is 0.251 e. The second-order valence-corrected chi connectivity index (χ2v) is 6.11. The van der Waals surface area contributed by atoms with Crippen molar-refractivity contribution in [1.82, 2.24) is 20.1 Å². The summed E-state index contributed by atoms with van der Waals surface area (Å²) < 4.78 is 6.95. The largest absolute Gasteiger partial charge is 0.383 e. The van der Waals surface area contributed by atoms with Gasteiger partial charge in [-0.1, -0.05) is 30.0 Å². The Hall–Kier alpha value is -2.12. The van der Waals surface area contributed by atoms with E-state index < -0.39 is 0 Å². The van der Waals surface area contributed by atoms with Gasteiger partial charge in [-0.2, -0.15) is 0 Å². The normalized spacial score (nSPS) is 10.6. The summed E-state index contributed by atoms with van der Waals surface area (Å²) in [5.74, 6) is 1.49. The van der Waals surface area contributed by atoms with E-state index in [1.54, 1.807) is 24.9 Å². The van der Waals surface area contributed by atoms with Gasteiger partial charge in [-0.25, -0.2) is 0 Å². The van der Waals surface area contributed by atoms with Crippen LogP contribution in [0.4, 0.5) is 0 Å². The highest BCUT2D eigenvalue weighted by Crippen LogP contribution is 2.22. The molecule has 0 unspecified atom stereocenters. The Labute approximate surface area is 146 Å². The molecule has 0 aliphatic carbocycles. The molecule has 128 valence electrons. The molecule has 1 amide bonds. The Morgan fingerprint density at radius 2 is 2.29 bits per heavy atom. The fourth-order valence-corrected chi connectivity index (χ4v) is 3.06. The van der Waals surface area contributed by atoms with E-state index in [4.69, 9.17) is 4.74 Å². The van der Waals surface area contributed by atoms with E-state index in [0.717, 1.165) is 16.5 Å². The van der Waals surface area contributed by atoms with E-state index in [1.807, 2.05) is 35.8 Å². The molecule has 0 bridgehead atoms. The van der Waals surface area contributed by atoms with Crippen molar-refractivity contribution in [3.63, 3.8) is 0 Å². The summed E-state index contributed by atoms with van der Waals surface area (Å²) >= 11 is 1.59. The van der Waals surface area contributed by atoms with E-state index in [9.17, 15) is 4.79 Å². The highest BCUT2D eigenvalue weighted by molar-refractivity contribution is 7.98. The van der Waals surface area contributed by atoms with Crippen LogP contribution in [0.25, 0.3) is 0 Å². The first-order valence-corrected chi connectivity index (χ1v) is 8.64. The van der Waals surface area contributed by atoms with Crippen molar-refractivity contribution in [2.24, 2.45) is 0 Å². The van der Waals surface area contributed by atoms with Crippen molar-refractivity contribution in [1.29, 1.82) is 0 Å². The number of carbonyl (C=O) groups excluding carboxylic acids is 1. The molecule has 0 fully saturated rings. The van der Waals surface area contributed by atoms with E-state index in [-0.39, 0.29) is 5.91 Å². The second kappa shape index (κ2) is 9.24. The molecule has 6 nitrogen and oxygen atoms in total. The standard InChI is InChI=1S/C17H22N4O2S/c1-4-9-21-13(2)19-20-17(21)24-12-14-6-5-7-15(11-14)16(22)18-8-10-23-3/h4-7,11H,1,8-10,12H2,2-3H3,(H,18,22). The van der Waals surface area contributed by atoms with E-state index in [2.05, 4.69) is 22.1 Å². The van der Waals surface area contributed by atoms with Crippen LogP contribution in [0.2, 0.25) is 0 Å². The summed E-state index contributed by atoms with van der Waals surface area (Å²) in [5.41, 5.74) is 1.71. The number of aromatic nitrogens is 3. The van der Waals surface area contributed by atoms with E-state index in [0.29, 0.717) is 31.0 Å². The number of methoxy groups -OCH3 is 1. The number of nitrogens with zero attached hydrogens (tertiary/aromatic N) is 3. The molecule has 1 heterocycles. The van der Waals surface area contributed by atoms with Crippen molar-refractivity contribution in [2.45, 2.75) is 24.4 Å². The van der Waals surface area contributed by atoms with Gasteiger partial charge < -0.3 is 14.6 Å². The quantitative estimate of drug-likeness (QED) is 0.429. The van der Waals surface area contributed by atoms with Gasteiger partial charge in [-0.05, 0) is 24.6 Å². The average molecular weight is 346 g/mol. The molecule has 0 aliphatic rings. The zero-order valence-corrected chi connectivity index (χ0v) is 14.8. The Bertz CT molecular complexity index is 700. The van der Waals surface area contributed by atoms with Crippen LogP contribution in [0.5, 0.6) is 0 Å². The maximum Gasteiger partial charge on any atom is 0.251 e. The third kappa shape index (κ3) is 4.94. The first-order chi connectivity index (χ1) is 11.7. The van der Waals surface area contributed by atoms with Gasteiger partial charge in [0.25, 0.3) is 5.91 Å². The van der Waals surface area contributed by atoms with Crippen LogP contribution in [-0.2, 0) is 17.0 Å². The predicted octanol–water partition coefficient (Wildman–Crippen LogP) is 2.44. The summed E-state index contributed by atoms with van der Waals surface area (Å²) in [4.78, 5) is 12.1. The molecule has 0 saturated heterocycles. The number of benzene rings is 1. The van der Waals surface area contributed by atoms with Crippen LogP contribution in [0.3, 0.4) is 0 Å². The van der Waals surface area contributed by atoms with Gasteiger partial charge in [0.05, 0.1) is 6.61 Å². The van der Waals surface area contributed by atoms with Gasteiger partial charge >= 0.3 is 0 Å². The number of aryl methyl sites for hydroxylation is 1. The number of thioether (sulfide) groups is 1. The first-order valence-electron chi connectivity index (χ1n) is 7.65.